The van der Waals surface area contributed by atoms with Gasteiger partial charge in [-0.05, 0) is 25.8 Å². The van der Waals surface area contributed by atoms with Crippen molar-refractivity contribution in [1.29, 1.82) is 0 Å². The second-order valence-electron chi connectivity index (χ2n) is 6.50. The van der Waals surface area contributed by atoms with E-state index in [1.165, 1.54) is 0 Å². The zero-order chi connectivity index (χ0) is 16.6. The first kappa shape index (κ1) is 15.6. The first-order valence-corrected chi connectivity index (χ1v) is 7.94. The maximum absolute atomic E-state index is 12.5. The van der Waals surface area contributed by atoms with Crippen molar-refractivity contribution < 1.29 is 13.9 Å². The van der Waals surface area contributed by atoms with Gasteiger partial charge >= 0.3 is 0 Å². The van der Waals surface area contributed by atoms with E-state index in [0.717, 1.165) is 23.3 Å². The predicted molar refractivity (Wildman–Crippen MR) is 86.7 cm³/mol. The molecule has 0 bridgehead atoms. The van der Waals surface area contributed by atoms with Crippen molar-refractivity contribution in [3.8, 4) is 5.75 Å². The average Bonchev–Trinajstić information content (AvgIpc) is 3.02. The minimum absolute atomic E-state index is 0.157. The molecule has 1 aromatic carbocycles. The third-order valence-corrected chi connectivity index (χ3v) is 3.88. The van der Waals surface area contributed by atoms with Gasteiger partial charge in [0.1, 0.15) is 12.4 Å². The third kappa shape index (κ3) is 3.23. The molecule has 1 atom stereocenters. The summed E-state index contributed by atoms with van der Waals surface area (Å²) < 4.78 is 11.3. The Kier molecular flexibility index (Phi) is 4.11. The van der Waals surface area contributed by atoms with E-state index in [-0.39, 0.29) is 11.9 Å². The molecule has 0 unspecified atom stereocenters. The van der Waals surface area contributed by atoms with E-state index < -0.39 is 0 Å². The standard InChI is InChI=1S/C18H22N2O3/c1-10(2)7-16-19-12(4)17(23-16)18(21)20-14-9-22-15-6-5-11(3)8-13(14)15/h5-6,8,10,14H,7,9H2,1-4H3,(H,20,21)/t14-/m0/s1. The Morgan fingerprint density at radius 3 is 2.91 bits per heavy atom. The topological polar surface area (TPSA) is 64.4 Å². The molecule has 0 radical (unpaired) electrons. The number of carbonyl (C=O) groups excluding carboxylic acids is 1. The molecule has 122 valence electrons. The first-order valence-electron chi connectivity index (χ1n) is 7.94. The number of fused-ring (bicyclic) bond motifs is 1. The highest BCUT2D eigenvalue weighted by molar-refractivity contribution is 5.92. The van der Waals surface area contributed by atoms with E-state index in [0.29, 0.717) is 29.9 Å². The Balaban J connectivity index is 1.76. The molecule has 0 saturated carbocycles. The summed E-state index contributed by atoms with van der Waals surface area (Å²) in [7, 11) is 0. The summed E-state index contributed by atoms with van der Waals surface area (Å²) in [6.07, 6.45) is 0.725. The summed E-state index contributed by atoms with van der Waals surface area (Å²) in [6.45, 7) is 8.45. The monoisotopic (exact) mass is 314 g/mol. The average molecular weight is 314 g/mol. The lowest BCUT2D eigenvalue weighted by atomic mass is 10.1. The van der Waals surface area contributed by atoms with Crippen LogP contribution in [0.2, 0.25) is 0 Å². The maximum Gasteiger partial charge on any atom is 0.289 e. The highest BCUT2D eigenvalue weighted by Gasteiger charge is 2.28. The number of ether oxygens (including phenoxy) is 1. The smallest absolute Gasteiger partial charge is 0.289 e. The molecule has 23 heavy (non-hydrogen) atoms. The molecule has 5 nitrogen and oxygen atoms in total. The van der Waals surface area contributed by atoms with Gasteiger partial charge in [0.15, 0.2) is 5.89 Å². The Bertz CT molecular complexity index is 734. The van der Waals surface area contributed by atoms with E-state index in [1.54, 1.807) is 6.92 Å². The van der Waals surface area contributed by atoms with Gasteiger partial charge in [0.25, 0.3) is 5.91 Å². The number of hydrogen-bond acceptors (Lipinski definition) is 4. The van der Waals surface area contributed by atoms with Gasteiger partial charge in [-0.2, -0.15) is 0 Å². The summed E-state index contributed by atoms with van der Waals surface area (Å²) in [5.74, 6) is 1.93. The number of oxazole rings is 1. The van der Waals surface area contributed by atoms with Crippen molar-refractivity contribution in [2.75, 3.05) is 6.61 Å². The summed E-state index contributed by atoms with van der Waals surface area (Å²) >= 11 is 0. The molecule has 2 heterocycles. The second kappa shape index (κ2) is 6.07. The highest BCUT2D eigenvalue weighted by atomic mass is 16.5. The molecule has 0 fully saturated rings. The van der Waals surface area contributed by atoms with E-state index in [4.69, 9.17) is 9.15 Å². The first-order chi connectivity index (χ1) is 10.9. The zero-order valence-electron chi connectivity index (χ0n) is 14.0. The van der Waals surface area contributed by atoms with Gasteiger partial charge in [-0.3, -0.25) is 4.79 Å². The Morgan fingerprint density at radius 1 is 1.39 bits per heavy atom. The van der Waals surface area contributed by atoms with Gasteiger partial charge in [-0.15, -0.1) is 0 Å². The zero-order valence-corrected chi connectivity index (χ0v) is 14.0. The molecule has 2 aromatic rings. The predicted octanol–water partition coefficient (Wildman–Crippen LogP) is 3.35. The highest BCUT2D eigenvalue weighted by Crippen LogP contribution is 2.33. The molecule has 0 aliphatic carbocycles. The third-order valence-electron chi connectivity index (χ3n) is 3.88. The summed E-state index contributed by atoms with van der Waals surface area (Å²) in [6, 6.07) is 5.83. The second-order valence-corrected chi connectivity index (χ2v) is 6.50. The number of aromatic nitrogens is 1. The van der Waals surface area contributed by atoms with Gasteiger partial charge in [-0.25, -0.2) is 4.98 Å². The molecule has 1 aromatic heterocycles. The van der Waals surface area contributed by atoms with E-state index in [9.17, 15) is 4.79 Å². The number of nitrogens with zero attached hydrogens (tertiary/aromatic N) is 1. The fourth-order valence-corrected chi connectivity index (χ4v) is 2.78. The van der Waals surface area contributed by atoms with Crippen molar-refractivity contribution in [2.45, 2.75) is 40.2 Å². The molecule has 0 saturated heterocycles. The van der Waals surface area contributed by atoms with Crippen LogP contribution in [0, 0.1) is 19.8 Å². The normalized spacial score (nSPS) is 16.3. The van der Waals surface area contributed by atoms with Crippen molar-refractivity contribution >= 4 is 5.91 Å². The number of rotatable bonds is 4. The lowest BCUT2D eigenvalue weighted by Gasteiger charge is -2.11. The van der Waals surface area contributed by atoms with Crippen LogP contribution in [0.5, 0.6) is 5.75 Å². The molecular weight excluding hydrogens is 292 g/mol. The van der Waals surface area contributed by atoms with Gasteiger partial charge in [-0.1, -0.05) is 31.5 Å². The van der Waals surface area contributed by atoms with Crippen LogP contribution in [0.1, 0.15) is 53.2 Å². The molecule has 0 spiro atoms. The molecular formula is C18H22N2O3. The molecule has 1 N–H and O–H groups in total. The van der Waals surface area contributed by atoms with E-state index in [1.807, 2.05) is 25.1 Å². The number of carbonyl (C=O) groups is 1. The van der Waals surface area contributed by atoms with Gasteiger partial charge in [0.05, 0.1) is 11.7 Å². The van der Waals surface area contributed by atoms with Crippen LogP contribution in [0.3, 0.4) is 0 Å². The van der Waals surface area contributed by atoms with Crippen LogP contribution in [0.4, 0.5) is 0 Å². The molecule has 3 rings (SSSR count). The van der Waals surface area contributed by atoms with Crippen LogP contribution in [0.25, 0.3) is 0 Å². The quantitative estimate of drug-likeness (QED) is 0.940. The van der Waals surface area contributed by atoms with Crippen molar-refractivity contribution in [2.24, 2.45) is 5.92 Å². The van der Waals surface area contributed by atoms with Crippen LogP contribution in [0.15, 0.2) is 22.6 Å². The summed E-state index contributed by atoms with van der Waals surface area (Å²) in [4.78, 5) is 16.9. The van der Waals surface area contributed by atoms with Crippen molar-refractivity contribution in [3.05, 3.63) is 46.7 Å². The molecule has 1 aliphatic heterocycles. The van der Waals surface area contributed by atoms with Crippen LogP contribution in [-0.2, 0) is 6.42 Å². The summed E-state index contributed by atoms with van der Waals surface area (Å²) in [5.41, 5.74) is 2.78. The molecule has 1 aliphatic rings. The fraction of sp³-hybridized carbons (Fsp3) is 0.444. The summed E-state index contributed by atoms with van der Waals surface area (Å²) in [5, 5.41) is 2.99. The number of hydrogen-bond donors (Lipinski definition) is 1. The SMILES string of the molecule is Cc1ccc2c(c1)[C@@H](NC(=O)c1oc(CC(C)C)nc1C)CO2. The Hall–Kier alpha value is -2.30. The molecule has 1 amide bonds. The van der Waals surface area contributed by atoms with Crippen molar-refractivity contribution in [3.63, 3.8) is 0 Å². The van der Waals surface area contributed by atoms with Crippen LogP contribution in [-0.4, -0.2) is 17.5 Å². The van der Waals surface area contributed by atoms with Gasteiger partial charge in [0, 0.05) is 12.0 Å². The lowest BCUT2D eigenvalue weighted by molar-refractivity contribution is 0.0899. The maximum atomic E-state index is 12.5. The Labute approximate surface area is 136 Å². The number of benzene rings is 1. The van der Waals surface area contributed by atoms with Gasteiger partial charge < -0.3 is 14.5 Å². The fourth-order valence-electron chi connectivity index (χ4n) is 2.78. The van der Waals surface area contributed by atoms with Crippen LogP contribution >= 0.6 is 0 Å². The molecule has 5 heteroatoms. The minimum Gasteiger partial charge on any atom is -0.491 e. The van der Waals surface area contributed by atoms with Crippen molar-refractivity contribution in [1.82, 2.24) is 10.3 Å². The largest absolute Gasteiger partial charge is 0.491 e. The number of aryl methyl sites for hydroxylation is 2. The number of amides is 1. The van der Waals surface area contributed by atoms with Gasteiger partial charge in [0.2, 0.25) is 5.76 Å². The lowest BCUT2D eigenvalue weighted by Crippen LogP contribution is -2.29. The minimum atomic E-state index is -0.243. The van der Waals surface area contributed by atoms with E-state index in [2.05, 4.69) is 24.1 Å². The van der Waals surface area contributed by atoms with E-state index >= 15 is 0 Å². The van der Waals surface area contributed by atoms with Crippen LogP contribution < -0.4 is 10.1 Å². The Morgan fingerprint density at radius 2 is 2.17 bits per heavy atom. The number of nitrogens with one attached hydrogen (secondary N) is 1.